The van der Waals surface area contributed by atoms with Crippen molar-refractivity contribution < 1.29 is 4.79 Å². The van der Waals surface area contributed by atoms with Crippen molar-refractivity contribution in [1.29, 1.82) is 0 Å². The number of carbonyl (C=O) groups is 1. The zero-order chi connectivity index (χ0) is 12.3. The van der Waals surface area contributed by atoms with Crippen LogP contribution in [0, 0.1) is 5.92 Å². The van der Waals surface area contributed by atoms with Crippen LogP contribution in [0.3, 0.4) is 0 Å². The van der Waals surface area contributed by atoms with Crippen molar-refractivity contribution in [2.45, 2.75) is 38.1 Å². The standard InChI is InChI=1S/C14H18ClNO/c15-12-5-1-10(2-6-12)9-14(17)11-3-7-13(16)8-4-11/h1-2,5-6,11,13H,3-4,7-9,16H2. The van der Waals surface area contributed by atoms with Crippen LogP contribution in [0.2, 0.25) is 5.02 Å². The summed E-state index contributed by atoms with van der Waals surface area (Å²) in [4.78, 5) is 12.1. The zero-order valence-electron chi connectivity index (χ0n) is 9.86. The summed E-state index contributed by atoms with van der Waals surface area (Å²) in [5.74, 6) is 0.560. The van der Waals surface area contributed by atoms with Crippen molar-refractivity contribution in [3.8, 4) is 0 Å². The van der Waals surface area contributed by atoms with E-state index in [0.717, 1.165) is 31.2 Å². The highest BCUT2D eigenvalue weighted by Gasteiger charge is 2.24. The number of ketones is 1. The molecular weight excluding hydrogens is 234 g/mol. The van der Waals surface area contributed by atoms with Crippen LogP contribution in [0.5, 0.6) is 0 Å². The first-order chi connectivity index (χ1) is 8.15. The molecule has 0 radical (unpaired) electrons. The molecule has 0 spiro atoms. The van der Waals surface area contributed by atoms with Gasteiger partial charge in [-0.2, -0.15) is 0 Å². The minimum atomic E-state index is 0.213. The lowest BCUT2D eigenvalue weighted by molar-refractivity contribution is -0.123. The van der Waals surface area contributed by atoms with Gasteiger partial charge in [0.2, 0.25) is 0 Å². The Bertz CT molecular complexity index is 380. The normalized spacial score (nSPS) is 24.6. The van der Waals surface area contributed by atoms with Crippen molar-refractivity contribution in [1.82, 2.24) is 0 Å². The van der Waals surface area contributed by atoms with E-state index in [4.69, 9.17) is 17.3 Å². The third kappa shape index (κ3) is 3.55. The van der Waals surface area contributed by atoms with Gasteiger partial charge in [-0.05, 0) is 43.4 Å². The van der Waals surface area contributed by atoms with Crippen molar-refractivity contribution in [2.75, 3.05) is 0 Å². The molecule has 0 unspecified atom stereocenters. The lowest BCUT2D eigenvalue weighted by atomic mass is 9.82. The largest absolute Gasteiger partial charge is 0.328 e. The van der Waals surface area contributed by atoms with Gasteiger partial charge in [0.15, 0.2) is 0 Å². The summed E-state index contributed by atoms with van der Waals surface area (Å²) in [6.45, 7) is 0. The average molecular weight is 252 g/mol. The van der Waals surface area contributed by atoms with Gasteiger partial charge >= 0.3 is 0 Å². The van der Waals surface area contributed by atoms with E-state index in [0.29, 0.717) is 23.3 Å². The van der Waals surface area contributed by atoms with Crippen molar-refractivity contribution in [3.63, 3.8) is 0 Å². The summed E-state index contributed by atoms with van der Waals surface area (Å²) < 4.78 is 0. The van der Waals surface area contributed by atoms with Crippen LogP contribution >= 0.6 is 11.6 Å². The smallest absolute Gasteiger partial charge is 0.140 e. The summed E-state index contributed by atoms with van der Waals surface area (Å²) in [5.41, 5.74) is 6.89. The van der Waals surface area contributed by atoms with Gasteiger partial charge in [-0.1, -0.05) is 23.7 Å². The summed E-state index contributed by atoms with van der Waals surface area (Å²) >= 11 is 5.81. The third-order valence-corrected chi connectivity index (χ3v) is 3.77. The van der Waals surface area contributed by atoms with Crippen molar-refractivity contribution >= 4 is 17.4 Å². The quantitative estimate of drug-likeness (QED) is 0.898. The van der Waals surface area contributed by atoms with Crippen LogP contribution in [0.1, 0.15) is 31.2 Å². The van der Waals surface area contributed by atoms with E-state index >= 15 is 0 Å². The molecule has 0 atom stereocenters. The van der Waals surface area contributed by atoms with Crippen LogP contribution < -0.4 is 5.73 Å². The van der Waals surface area contributed by atoms with E-state index in [1.54, 1.807) is 0 Å². The predicted octanol–water partition coefficient (Wildman–Crippen LogP) is 2.97. The van der Waals surface area contributed by atoms with Crippen LogP contribution in [0.15, 0.2) is 24.3 Å². The van der Waals surface area contributed by atoms with Crippen LogP contribution in [-0.4, -0.2) is 11.8 Å². The second-order valence-corrected chi connectivity index (χ2v) is 5.32. The minimum absolute atomic E-state index is 0.213. The molecule has 3 heteroatoms. The van der Waals surface area contributed by atoms with Gasteiger partial charge in [0.1, 0.15) is 5.78 Å². The highest BCUT2D eigenvalue weighted by molar-refractivity contribution is 6.30. The molecule has 0 amide bonds. The highest BCUT2D eigenvalue weighted by Crippen LogP contribution is 2.25. The first kappa shape index (κ1) is 12.6. The molecule has 0 aromatic heterocycles. The van der Waals surface area contributed by atoms with E-state index in [1.807, 2.05) is 24.3 Å². The molecule has 2 rings (SSSR count). The Labute approximate surface area is 107 Å². The second-order valence-electron chi connectivity index (χ2n) is 4.88. The fraction of sp³-hybridized carbons (Fsp3) is 0.500. The molecule has 92 valence electrons. The van der Waals surface area contributed by atoms with Crippen molar-refractivity contribution in [3.05, 3.63) is 34.9 Å². The van der Waals surface area contributed by atoms with Crippen LogP contribution in [0.4, 0.5) is 0 Å². The van der Waals surface area contributed by atoms with E-state index < -0.39 is 0 Å². The lowest BCUT2D eigenvalue weighted by Crippen LogP contribution is -2.30. The number of carbonyl (C=O) groups excluding carboxylic acids is 1. The molecule has 0 saturated heterocycles. The van der Waals surface area contributed by atoms with Gasteiger partial charge in [-0.15, -0.1) is 0 Å². The first-order valence-corrected chi connectivity index (χ1v) is 6.55. The fourth-order valence-electron chi connectivity index (χ4n) is 2.39. The molecule has 1 aromatic carbocycles. The number of benzene rings is 1. The maximum atomic E-state index is 12.1. The third-order valence-electron chi connectivity index (χ3n) is 3.52. The minimum Gasteiger partial charge on any atom is -0.328 e. The van der Waals surface area contributed by atoms with E-state index in [9.17, 15) is 4.79 Å². The predicted molar refractivity (Wildman–Crippen MR) is 70.1 cm³/mol. The monoisotopic (exact) mass is 251 g/mol. The number of hydrogen-bond donors (Lipinski definition) is 1. The molecular formula is C14H18ClNO. The molecule has 1 saturated carbocycles. The van der Waals surface area contributed by atoms with Gasteiger partial charge < -0.3 is 5.73 Å². The maximum absolute atomic E-state index is 12.1. The molecule has 2 nitrogen and oxygen atoms in total. The highest BCUT2D eigenvalue weighted by atomic mass is 35.5. The van der Waals surface area contributed by atoms with Crippen LogP contribution in [-0.2, 0) is 11.2 Å². The summed E-state index contributed by atoms with van der Waals surface area (Å²) in [6.07, 6.45) is 4.40. The van der Waals surface area contributed by atoms with Gasteiger partial charge in [0, 0.05) is 23.4 Å². The molecule has 0 aliphatic heterocycles. The number of halogens is 1. The molecule has 1 aromatic rings. The zero-order valence-corrected chi connectivity index (χ0v) is 10.6. The summed E-state index contributed by atoms with van der Waals surface area (Å²) in [6, 6.07) is 7.82. The second kappa shape index (κ2) is 5.65. The average Bonchev–Trinajstić information content (AvgIpc) is 2.33. The molecule has 17 heavy (non-hydrogen) atoms. The van der Waals surface area contributed by atoms with Crippen LogP contribution in [0.25, 0.3) is 0 Å². The molecule has 1 fully saturated rings. The van der Waals surface area contributed by atoms with E-state index in [1.165, 1.54) is 0 Å². The Balaban J connectivity index is 1.90. The first-order valence-electron chi connectivity index (χ1n) is 6.18. The SMILES string of the molecule is NC1CCC(C(=O)Cc2ccc(Cl)cc2)CC1. The summed E-state index contributed by atoms with van der Waals surface area (Å²) in [7, 11) is 0. The number of Topliss-reactive ketones (excluding diaryl/α,β-unsaturated/α-hetero) is 1. The molecule has 0 heterocycles. The maximum Gasteiger partial charge on any atom is 0.140 e. The Morgan fingerprint density at radius 2 is 1.76 bits per heavy atom. The Kier molecular flexibility index (Phi) is 4.19. The number of nitrogens with two attached hydrogens (primary N) is 1. The topological polar surface area (TPSA) is 43.1 Å². The lowest BCUT2D eigenvalue weighted by Gasteiger charge is -2.24. The Morgan fingerprint density at radius 1 is 1.18 bits per heavy atom. The van der Waals surface area contributed by atoms with Gasteiger partial charge in [0.25, 0.3) is 0 Å². The van der Waals surface area contributed by atoms with Crippen molar-refractivity contribution in [2.24, 2.45) is 11.7 Å². The Hall–Kier alpha value is -0.860. The fourth-order valence-corrected chi connectivity index (χ4v) is 2.51. The van der Waals surface area contributed by atoms with Gasteiger partial charge in [-0.3, -0.25) is 4.79 Å². The van der Waals surface area contributed by atoms with Gasteiger partial charge in [-0.25, -0.2) is 0 Å². The van der Waals surface area contributed by atoms with Gasteiger partial charge in [0.05, 0.1) is 0 Å². The molecule has 1 aliphatic rings. The number of rotatable bonds is 3. The van der Waals surface area contributed by atoms with E-state index in [2.05, 4.69) is 0 Å². The molecule has 0 bridgehead atoms. The Morgan fingerprint density at radius 3 is 2.35 bits per heavy atom. The van der Waals surface area contributed by atoms with E-state index in [-0.39, 0.29) is 5.92 Å². The number of hydrogen-bond acceptors (Lipinski definition) is 2. The summed E-state index contributed by atoms with van der Waals surface area (Å²) in [5, 5.41) is 0.713. The molecule has 1 aliphatic carbocycles. The molecule has 2 N–H and O–H groups in total.